The summed E-state index contributed by atoms with van der Waals surface area (Å²) in [5.74, 6) is -0.0581. The van der Waals surface area contributed by atoms with E-state index in [1.54, 1.807) is 16.1 Å². The second-order valence-electron chi connectivity index (χ2n) is 9.47. The molecule has 0 radical (unpaired) electrons. The average molecular weight is 543 g/mol. The molecule has 2 aromatic carbocycles. The third kappa shape index (κ3) is 7.00. The molecular formula is C27H34N4O4S2. The molecule has 0 saturated heterocycles. The van der Waals surface area contributed by atoms with Crippen molar-refractivity contribution in [3.8, 4) is 0 Å². The van der Waals surface area contributed by atoms with Crippen molar-refractivity contribution in [2.75, 3.05) is 11.9 Å². The number of hydrogen-bond acceptors (Lipinski definition) is 7. The minimum Gasteiger partial charge on any atom is -0.407 e. The molecule has 4 rings (SSSR count). The minimum absolute atomic E-state index is 0.00172. The van der Waals surface area contributed by atoms with Crippen LogP contribution in [-0.4, -0.2) is 46.7 Å². The maximum atomic E-state index is 13.2. The van der Waals surface area contributed by atoms with Gasteiger partial charge in [0.2, 0.25) is 15.9 Å². The molecule has 10 heteroatoms. The van der Waals surface area contributed by atoms with E-state index in [1.807, 2.05) is 19.1 Å². The molecule has 0 bridgehead atoms. The molecule has 3 aromatic rings. The van der Waals surface area contributed by atoms with Gasteiger partial charge in [0, 0.05) is 28.3 Å². The van der Waals surface area contributed by atoms with E-state index in [0.29, 0.717) is 29.7 Å². The number of aromatic nitrogens is 2. The monoisotopic (exact) mass is 542 g/mol. The van der Waals surface area contributed by atoms with Gasteiger partial charge in [-0.05, 0) is 54.8 Å². The first-order chi connectivity index (χ1) is 17.8. The van der Waals surface area contributed by atoms with Gasteiger partial charge in [0.05, 0.1) is 11.3 Å². The molecule has 1 saturated carbocycles. The van der Waals surface area contributed by atoms with Gasteiger partial charge in [0.1, 0.15) is 0 Å². The lowest BCUT2D eigenvalue weighted by atomic mass is 9.95. The predicted octanol–water partition coefficient (Wildman–Crippen LogP) is 5.76. The Labute approximate surface area is 223 Å². The summed E-state index contributed by atoms with van der Waals surface area (Å²) in [4.78, 5) is 14.1. The Morgan fingerprint density at radius 1 is 1.05 bits per heavy atom. The van der Waals surface area contributed by atoms with Crippen LogP contribution in [0.5, 0.6) is 0 Å². The van der Waals surface area contributed by atoms with E-state index >= 15 is 0 Å². The Balaban J connectivity index is 1.37. The molecule has 0 spiro atoms. The number of anilines is 1. The highest BCUT2D eigenvalue weighted by molar-refractivity contribution is 7.99. The van der Waals surface area contributed by atoms with E-state index in [0.717, 1.165) is 37.7 Å². The van der Waals surface area contributed by atoms with Crippen LogP contribution in [0, 0.1) is 0 Å². The second kappa shape index (κ2) is 12.2. The highest BCUT2D eigenvalue weighted by atomic mass is 32.2. The number of thioether (sulfide) groups is 1. The van der Waals surface area contributed by atoms with Gasteiger partial charge >= 0.3 is 6.01 Å². The van der Waals surface area contributed by atoms with Gasteiger partial charge < -0.3 is 4.42 Å². The zero-order valence-corrected chi connectivity index (χ0v) is 23.1. The van der Waals surface area contributed by atoms with Gasteiger partial charge in [-0.15, -0.1) is 16.9 Å². The SMILES string of the molecule is CCN(C1CCCCC1)S(=O)(=O)c1ccc(C(=O)Nc2nnc(Cc3ccc(SC(C)C)cc3)o2)cc1. The van der Waals surface area contributed by atoms with Crippen LogP contribution < -0.4 is 5.32 Å². The number of benzene rings is 2. The van der Waals surface area contributed by atoms with E-state index in [-0.39, 0.29) is 17.0 Å². The van der Waals surface area contributed by atoms with Crippen LogP contribution >= 0.6 is 11.8 Å². The highest BCUT2D eigenvalue weighted by Crippen LogP contribution is 2.28. The standard InChI is InChI=1S/C27H34N4O4S2/c1-4-31(22-8-6-5-7-9-22)37(33,34)24-16-12-21(13-17-24)26(32)28-27-30-29-25(35-27)18-20-10-14-23(15-11-20)36-19(2)3/h10-17,19,22H,4-9,18H2,1-3H3,(H,28,30,32). The molecule has 37 heavy (non-hydrogen) atoms. The molecule has 1 aliphatic carbocycles. The van der Waals surface area contributed by atoms with Crippen molar-refractivity contribution < 1.29 is 17.6 Å². The lowest BCUT2D eigenvalue weighted by Gasteiger charge is -2.32. The van der Waals surface area contributed by atoms with Crippen LogP contribution in [0.4, 0.5) is 6.01 Å². The first-order valence-corrected chi connectivity index (χ1v) is 15.1. The van der Waals surface area contributed by atoms with Crippen LogP contribution in [-0.2, 0) is 16.4 Å². The van der Waals surface area contributed by atoms with Crippen molar-refractivity contribution in [2.24, 2.45) is 0 Å². The van der Waals surface area contributed by atoms with Crippen LogP contribution in [0.3, 0.4) is 0 Å². The van der Waals surface area contributed by atoms with Crippen molar-refractivity contribution >= 4 is 33.7 Å². The molecule has 1 aliphatic rings. The smallest absolute Gasteiger partial charge is 0.322 e. The molecule has 1 heterocycles. The molecule has 8 nitrogen and oxygen atoms in total. The van der Waals surface area contributed by atoms with E-state index in [2.05, 4.69) is 41.5 Å². The normalized spacial score (nSPS) is 14.8. The third-order valence-electron chi connectivity index (χ3n) is 6.35. The van der Waals surface area contributed by atoms with E-state index in [1.165, 1.54) is 29.2 Å². The molecule has 0 aliphatic heterocycles. The number of carbonyl (C=O) groups is 1. The van der Waals surface area contributed by atoms with Gasteiger partial charge in [-0.1, -0.05) is 57.3 Å². The van der Waals surface area contributed by atoms with Crippen LogP contribution in [0.25, 0.3) is 0 Å². The molecule has 1 N–H and O–H groups in total. The first-order valence-electron chi connectivity index (χ1n) is 12.8. The Bertz CT molecular complexity index is 1280. The Hall–Kier alpha value is -2.69. The summed E-state index contributed by atoms with van der Waals surface area (Å²) in [6, 6.07) is 14.2. The molecule has 198 valence electrons. The number of sulfonamides is 1. The van der Waals surface area contributed by atoms with Crippen LogP contribution in [0.15, 0.2) is 62.7 Å². The molecule has 1 amide bonds. The number of nitrogens with one attached hydrogen (secondary N) is 1. The maximum absolute atomic E-state index is 13.2. The maximum Gasteiger partial charge on any atom is 0.322 e. The summed E-state index contributed by atoms with van der Waals surface area (Å²) < 4.78 is 33.7. The molecule has 0 unspecified atom stereocenters. The van der Waals surface area contributed by atoms with Gasteiger partial charge in [-0.25, -0.2) is 8.42 Å². The third-order valence-corrected chi connectivity index (χ3v) is 9.41. The zero-order valence-electron chi connectivity index (χ0n) is 21.5. The quantitative estimate of drug-likeness (QED) is 0.325. The number of hydrogen-bond donors (Lipinski definition) is 1. The Kier molecular flexibility index (Phi) is 9.04. The Morgan fingerprint density at radius 3 is 2.35 bits per heavy atom. The van der Waals surface area contributed by atoms with Crippen molar-refractivity contribution in [1.82, 2.24) is 14.5 Å². The summed E-state index contributed by atoms with van der Waals surface area (Å²) in [6.45, 7) is 6.60. The van der Waals surface area contributed by atoms with Gasteiger partial charge in [-0.3, -0.25) is 10.1 Å². The lowest BCUT2D eigenvalue weighted by Crippen LogP contribution is -2.41. The van der Waals surface area contributed by atoms with E-state index in [9.17, 15) is 13.2 Å². The summed E-state index contributed by atoms with van der Waals surface area (Å²) >= 11 is 1.80. The minimum atomic E-state index is -3.63. The van der Waals surface area contributed by atoms with Gasteiger partial charge in [0.25, 0.3) is 5.91 Å². The van der Waals surface area contributed by atoms with Crippen molar-refractivity contribution in [3.05, 3.63) is 65.5 Å². The Morgan fingerprint density at radius 2 is 1.73 bits per heavy atom. The second-order valence-corrected chi connectivity index (χ2v) is 13.0. The molecule has 1 aromatic heterocycles. The number of nitrogens with zero attached hydrogens (tertiary/aromatic N) is 3. The first kappa shape index (κ1) is 27.3. The fourth-order valence-corrected chi connectivity index (χ4v) is 7.12. The zero-order chi connectivity index (χ0) is 26.4. The van der Waals surface area contributed by atoms with E-state index in [4.69, 9.17) is 4.42 Å². The summed E-state index contributed by atoms with van der Waals surface area (Å²) in [6.07, 6.45) is 5.50. The van der Waals surface area contributed by atoms with Crippen molar-refractivity contribution in [3.63, 3.8) is 0 Å². The number of rotatable bonds is 10. The van der Waals surface area contributed by atoms with Gasteiger partial charge in [0.15, 0.2) is 0 Å². The summed E-state index contributed by atoms with van der Waals surface area (Å²) in [5.41, 5.74) is 1.33. The van der Waals surface area contributed by atoms with E-state index < -0.39 is 15.9 Å². The van der Waals surface area contributed by atoms with Crippen LogP contribution in [0.2, 0.25) is 0 Å². The molecular weight excluding hydrogens is 508 g/mol. The average Bonchev–Trinajstić information content (AvgIpc) is 3.32. The van der Waals surface area contributed by atoms with Crippen LogP contribution in [0.1, 0.15) is 74.7 Å². The lowest BCUT2D eigenvalue weighted by molar-refractivity contribution is 0.102. The number of carbonyl (C=O) groups excluding carboxylic acids is 1. The fraction of sp³-hybridized carbons (Fsp3) is 0.444. The highest BCUT2D eigenvalue weighted by Gasteiger charge is 2.31. The fourth-order valence-electron chi connectivity index (χ4n) is 4.58. The van der Waals surface area contributed by atoms with Gasteiger partial charge in [-0.2, -0.15) is 4.31 Å². The summed E-state index contributed by atoms with van der Waals surface area (Å²) in [5, 5.41) is 11.1. The van der Waals surface area contributed by atoms with Crippen molar-refractivity contribution in [1.29, 1.82) is 0 Å². The van der Waals surface area contributed by atoms with Crippen molar-refractivity contribution in [2.45, 2.75) is 80.4 Å². The molecule has 0 atom stereocenters. The number of amides is 1. The predicted molar refractivity (Wildman–Crippen MR) is 145 cm³/mol. The topological polar surface area (TPSA) is 105 Å². The summed E-state index contributed by atoms with van der Waals surface area (Å²) in [7, 11) is -3.63. The largest absolute Gasteiger partial charge is 0.407 e. The molecule has 1 fully saturated rings.